The Bertz CT molecular complexity index is 1280. The van der Waals surface area contributed by atoms with E-state index >= 15 is 0 Å². The number of hydrogen-bond acceptors (Lipinski definition) is 2. The van der Waals surface area contributed by atoms with Crippen LogP contribution < -0.4 is 0 Å². The predicted octanol–water partition coefficient (Wildman–Crippen LogP) is 6.34. The molecule has 2 aliphatic rings. The number of benzene rings is 1. The first-order valence-electron chi connectivity index (χ1n) is 9.85. The summed E-state index contributed by atoms with van der Waals surface area (Å²) >= 11 is 0. The molecule has 0 saturated carbocycles. The number of hydrogen-bond donors (Lipinski definition) is 2. The molecule has 4 aromatic rings. The minimum absolute atomic E-state index is 0. The van der Waals surface area contributed by atoms with E-state index < -0.39 is 0 Å². The molecule has 2 aliphatic heterocycles. The number of H-pyrrole nitrogens is 2. The van der Waals surface area contributed by atoms with Crippen molar-refractivity contribution in [3.63, 3.8) is 0 Å². The monoisotopic (exact) mass is 444 g/mol. The van der Waals surface area contributed by atoms with E-state index in [1.807, 2.05) is 78.9 Å². The minimum atomic E-state index is 0. The second-order valence-electron chi connectivity index (χ2n) is 7.06. The van der Waals surface area contributed by atoms with Crippen molar-refractivity contribution in [2.24, 2.45) is 0 Å². The zero-order valence-electron chi connectivity index (χ0n) is 16.6. The van der Waals surface area contributed by atoms with E-state index in [-0.39, 0.29) is 17.1 Å². The summed E-state index contributed by atoms with van der Waals surface area (Å²) in [5.74, 6) is 0. The summed E-state index contributed by atoms with van der Waals surface area (Å²) < 4.78 is 0. The molecule has 5 heteroatoms. The van der Waals surface area contributed by atoms with Gasteiger partial charge in [-0.15, -0.1) is 0 Å². The molecule has 3 aromatic heterocycles. The van der Waals surface area contributed by atoms with E-state index in [2.05, 4.69) is 50.3 Å². The van der Waals surface area contributed by atoms with Crippen molar-refractivity contribution in [2.45, 2.75) is 0 Å². The summed E-state index contributed by atoms with van der Waals surface area (Å²) in [5.41, 5.74) is 7.86. The second kappa shape index (κ2) is 9.43. The van der Waals surface area contributed by atoms with Gasteiger partial charge in [-0.2, -0.15) is 0 Å². The van der Waals surface area contributed by atoms with E-state index in [0.717, 1.165) is 44.8 Å². The first-order valence-corrected chi connectivity index (χ1v) is 9.85. The molecule has 1 aromatic carbocycles. The fraction of sp³-hybridized carbons (Fsp3) is 0. The number of nitrogens with zero attached hydrogens (tertiary/aromatic N) is 2. The summed E-state index contributed by atoms with van der Waals surface area (Å²) in [4.78, 5) is 16.0. The molecule has 0 saturated heterocycles. The third-order valence-corrected chi connectivity index (χ3v) is 4.71. The Morgan fingerprint density at radius 2 is 0.742 bits per heavy atom. The first-order chi connectivity index (χ1) is 14.8. The average Bonchev–Trinajstić information content (AvgIpc) is 3.56. The minimum Gasteiger partial charge on any atom is -0.355 e. The summed E-state index contributed by atoms with van der Waals surface area (Å²) in [6.07, 6.45) is 8.05. The molecule has 0 fully saturated rings. The van der Waals surface area contributed by atoms with E-state index in [1.165, 1.54) is 0 Å². The number of aromatic nitrogens is 4. The predicted molar refractivity (Wildman–Crippen MR) is 125 cm³/mol. The summed E-state index contributed by atoms with van der Waals surface area (Å²) in [6, 6.07) is 28.4. The molecule has 0 amide bonds. The third-order valence-electron chi connectivity index (χ3n) is 4.71. The molecule has 2 N–H and O–H groups in total. The molecule has 4 nitrogen and oxygen atoms in total. The average molecular weight is 444 g/mol. The Hall–Kier alpha value is -3.66. The Kier molecular flexibility index (Phi) is 6.27. The molecule has 6 rings (SSSR count). The van der Waals surface area contributed by atoms with Gasteiger partial charge in [0.15, 0.2) is 0 Å². The van der Waals surface area contributed by atoms with Crippen LogP contribution in [0.15, 0.2) is 84.9 Å². The molecule has 0 aliphatic carbocycles. The molecular formula is C26H20FeN4. The number of fused-ring (bicyclic) bond motifs is 8. The van der Waals surface area contributed by atoms with Gasteiger partial charge in [-0.25, -0.2) is 9.97 Å². The van der Waals surface area contributed by atoms with Crippen LogP contribution in [-0.4, -0.2) is 19.9 Å². The molecule has 152 valence electrons. The molecule has 31 heavy (non-hydrogen) atoms. The van der Waals surface area contributed by atoms with Gasteiger partial charge in [0.25, 0.3) is 0 Å². The molecule has 0 unspecified atom stereocenters. The van der Waals surface area contributed by atoms with Crippen LogP contribution >= 0.6 is 0 Å². The van der Waals surface area contributed by atoms with Crippen molar-refractivity contribution in [1.29, 1.82) is 0 Å². The van der Waals surface area contributed by atoms with Crippen molar-refractivity contribution in [1.82, 2.24) is 19.9 Å². The standard InChI is InChI=1S/C20H14N4.C6H6.Fe/c1-2-14-10-16-5-6-18(23-16)12-20-8-7-19(24-20)11-17-4-3-15(22-17)9-13(1)21-14;1-2-4-6-5-3-1;/h1-12,21-22H;1-6H;. The third kappa shape index (κ3) is 5.28. The van der Waals surface area contributed by atoms with Crippen molar-refractivity contribution < 1.29 is 17.1 Å². The molecule has 5 heterocycles. The zero-order chi connectivity index (χ0) is 20.2. The van der Waals surface area contributed by atoms with E-state index in [1.54, 1.807) is 0 Å². The van der Waals surface area contributed by atoms with Crippen molar-refractivity contribution >= 4 is 46.4 Å². The maximum atomic E-state index is 4.62. The van der Waals surface area contributed by atoms with Crippen molar-refractivity contribution in [3.05, 3.63) is 108 Å². The SMILES string of the molecule is C1=Cc2cc3ccc(cc4ccc(cc5nc(cc1n2)C=C5)[nH]4)[nH]3.[Fe].c1ccccc1. The number of aromatic amines is 2. The van der Waals surface area contributed by atoms with Gasteiger partial charge in [0.05, 0.1) is 22.8 Å². The van der Waals surface area contributed by atoms with Gasteiger partial charge in [0, 0.05) is 39.1 Å². The second-order valence-corrected chi connectivity index (χ2v) is 7.06. The van der Waals surface area contributed by atoms with Crippen LogP contribution in [0.25, 0.3) is 46.4 Å². The number of rotatable bonds is 0. The van der Waals surface area contributed by atoms with Crippen molar-refractivity contribution in [2.75, 3.05) is 0 Å². The molecular weight excluding hydrogens is 424 g/mol. The smallest absolute Gasteiger partial charge is 0.0659 e. The topological polar surface area (TPSA) is 57.4 Å². The van der Waals surface area contributed by atoms with Gasteiger partial charge in [0.2, 0.25) is 0 Å². The quantitative estimate of drug-likeness (QED) is 0.269. The van der Waals surface area contributed by atoms with Crippen LogP contribution in [0.3, 0.4) is 0 Å². The van der Waals surface area contributed by atoms with Gasteiger partial charge in [-0.1, -0.05) is 36.4 Å². The van der Waals surface area contributed by atoms with Gasteiger partial charge in [-0.3, -0.25) is 0 Å². The Morgan fingerprint density at radius 3 is 1.13 bits per heavy atom. The van der Waals surface area contributed by atoms with Gasteiger partial charge < -0.3 is 9.97 Å². The maximum absolute atomic E-state index is 4.62. The molecule has 0 radical (unpaired) electrons. The summed E-state index contributed by atoms with van der Waals surface area (Å²) in [7, 11) is 0. The Labute approximate surface area is 190 Å². The van der Waals surface area contributed by atoms with Gasteiger partial charge in [-0.05, 0) is 72.8 Å². The molecule has 8 bridgehead atoms. The van der Waals surface area contributed by atoms with Crippen LogP contribution in [0.4, 0.5) is 0 Å². The summed E-state index contributed by atoms with van der Waals surface area (Å²) in [6.45, 7) is 0. The van der Waals surface area contributed by atoms with Gasteiger partial charge >= 0.3 is 0 Å². The van der Waals surface area contributed by atoms with Crippen LogP contribution in [-0.2, 0) is 17.1 Å². The van der Waals surface area contributed by atoms with Crippen LogP contribution in [0.1, 0.15) is 22.8 Å². The normalized spacial score (nSPS) is 11.4. The molecule has 0 atom stereocenters. The van der Waals surface area contributed by atoms with E-state index in [9.17, 15) is 0 Å². The fourth-order valence-electron chi connectivity index (χ4n) is 3.33. The summed E-state index contributed by atoms with van der Waals surface area (Å²) in [5, 5.41) is 0. The number of nitrogens with one attached hydrogen (secondary N) is 2. The van der Waals surface area contributed by atoms with Gasteiger partial charge in [0.1, 0.15) is 0 Å². The Balaban J connectivity index is 0.000000288. The first kappa shape index (κ1) is 20.6. The zero-order valence-corrected chi connectivity index (χ0v) is 17.7. The van der Waals surface area contributed by atoms with E-state index in [0.29, 0.717) is 0 Å². The maximum Gasteiger partial charge on any atom is 0.0659 e. The fourth-order valence-corrected chi connectivity index (χ4v) is 3.33. The largest absolute Gasteiger partial charge is 0.355 e. The van der Waals surface area contributed by atoms with Crippen molar-refractivity contribution in [3.8, 4) is 0 Å². The van der Waals surface area contributed by atoms with E-state index in [4.69, 9.17) is 0 Å². The Morgan fingerprint density at radius 1 is 0.419 bits per heavy atom. The van der Waals surface area contributed by atoms with Crippen LogP contribution in [0, 0.1) is 0 Å². The van der Waals surface area contributed by atoms with Crippen LogP contribution in [0.2, 0.25) is 0 Å². The van der Waals surface area contributed by atoms with Crippen LogP contribution in [0.5, 0.6) is 0 Å². The molecule has 0 spiro atoms.